The summed E-state index contributed by atoms with van der Waals surface area (Å²) < 4.78 is 9.83. The summed E-state index contributed by atoms with van der Waals surface area (Å²) in [6, 6.07) is 7.98. The molecule has 0 aromatic heterocycles. The first-order valence-corrected chi connectivity index (χ1v) is 11.0. The fraction of sp³-hybridized carbons (Fsp3) is 0.292. The van der Waals surface area contributed by atoms with Crippen LogP contribution in [0.2, 0.25) is 0 Å². The summed E-state index contributed by atoms with van der Waals surface area (Å²) in [5.41, 5.74) is 0.458. The number of aliphatic hydroxyl groups excluding tert-OH is 3. The molecule has 36 heavy (non-hydrogen) atoms. The quantitative estimate of drug-likeness (QED) is 0.225. The SMILES string of the molecule is O=C(OCCO)c1ccc2c(c1)C(=O)N(CCN1C(=O)c3ccc(C(O)OCCO)cc3C1=O)C2=O. The van der Waals surface area contributed by atoms with Crippen LogP contribution < -0.4 is 0 Å². The minimum Gasteiger partial charge on any atom is -0.460 e. The van der Waals surface area contributed by atoms with E-state index >= 15 is 0 Å². The van der Waals surface area contributed by atoms with Crippen molar-refractivity contribution < 1.29 is 48.8 Å². The molecule has 2 aliphatic heterocycles. The van der Waals surface area contributed by atoms with Crippen LogP contribution in [0.4, 0.5) is 0 Å². The number of hydrogen-bond donors (Lipinski definition) is 3. The van der Waals surface area contributed by atoms with Crippen molar-refractivity contribution in [3.63, 3.8) is 0 Å². The van der Waals surface area contributed by atoms with Gasteiger partial charge in [-0.2, -0.15) is 0 Å². The highest BCUT2D eigenvalue weighted by Crippen LogP contribution is 2.28. The molecular weight excluding hydrogens is 476 g/mol. The molecule has 12 heteroatoms. The van der Waals surface area contributed by atoms with E-state index in [0.29, 0.717) is 0 Å². The molecule has 0 bridgehead atoms. The van der Waals surface area contributed by atoms with Crippen LogP contribution in [0.3, 0.4) is 0 Å². The van der Waals surface area contributed by atoms with Crippen LogP contribution in [0.15, 0.2) is 36.4 Å². The van der Waals surface area contributed by atoms with Gasteiger partial charge in [0.15, 0.2) is 6.29 Å². The van der Waals surface area contributed by atoms with Crippen molar-refractivity contribution in [3.05, 3.63) is 69.8 Å². The Balaban J connectivity index is 1.46. The summed E-state index contributed by atoms with van der Waals surface area (Å²) in [6.07, 6.45) is -1.40. The topological polar surface area (TPSA) is 171 Å². The maximum atomic E-state index is 12.9. The van der Waals surface area contributed by atoms with Crippen LogP contribution in [0.5, 0.6) is 0 Å². The molecule has 4 amide bonds. The van der Waals surface area contributed by atoms with Crippen molar-refractivity contribution in [3.8, 4) is 0 Å². The number of fused-ring (bicyclic) bond motifs is 2. The van der Waals surface area contributed by atoms with Gasteiger partial charge in [0.05, 0.1) is 47.6 Å². The second-order valence-corrected chi connectivity index (χ2v) is 7.90. The van der Waals surface area contributed by atoms with Gasteiger partial charge in [0.1, 0.15) is 6.61 Å². The van der Waals surface area contributed by atoms with Crippen molar-refractivity contribution in [2.45, 2.75) is 6.29 Å². The van der Waals surface area contributed by atoms with Gasteiger partial charge in [-0.25, -0.2) is 4.79 Å². The lowest BCUT2D eigenvalue weighted by atomic mass is 10.1. The van der Waals surface area contributed by atoms with E-state index in [-0.39, 0.29) is 72.9 Å². The summed E-state index contributed by atoms with van der Waals surface area (Å²) in [4.78, 5) is 65.1. The monoisotopic (exact) mass is 498 g/mol. The number of ether oxygens (including phenoxy) is 2. The van der Waals surface area contributed by atoms with Crippen molar-refractivity contribution in [2.75, 3.05) is 39.5 Å². The minimum atomic E-state index is -1.40. The average molecular weight is 498 g/mol. The molecular formula is C24H22N2O10. The normalized spacial score (nSPS) is 15.4. The van der Waals surface area contributed by atoms with Gasteiger partial charge in [-0.1, -0.05) is 6.07 Å². The fourth-order valence-electron chi connectivity index (χ4n) is 3.97. The Morgan fingerprint density at radius 3 is 1.86 bits per heavy atom. The van der Waals surface area contributed by atoms with Gasteiger partial charge in [-0.05, 0) is 30.3 Å². The molecule has 0 saturated heterocycles. The van der Waals surface area contributed by atoms with E-state index in [0.717, 1.165) is 9.80 Å². The van der Waals surface area contributed by atoms with Crippen molar-refractivity contribution in [1.82, 2.24) is 9.80 Å². The van der Waals surface area contributed by atoms with Gasteiger partial charge in [-0.3, -0.25) is 29.0 Å². The summed E-state index contributed by atoms with van der Waals surface area (Å²) in [6.45, 7) is -1.54. The van der Waals surface area contributed by atoms with Crippen molar-refractivity contribution in [1.29, 1.82) is 0 Å². The summed E-state index contributed by atoms with van der Waals surface area (Å²) >= 11 is 0. The van der Waals surface area contributed by atoms with Crippen molar-refractivity contribution >= 4 is 29.6 Å². The lowest BCUT2D eigenvalue weighted by molar-refractivity contribution is -0.110. The average Bonchev–Trinajstić information content (AvgIpc) is 3.27. The van der Waals surface area contributed by atoms with Gasteiger partial charge in [0, 0.05) is 18.7 Å². The highest BCUT2D eigenvalue weighted by atomic mass is 16.6. The second-order valence-electron chi connectivity index (χ2n) is 7.90. The van der Waals surface area contributed by atoms with E-state index in [1.807, 2.05) is 0 Å². The van der Waals surface area contributed by atoms with E-state index in [1.165, 1.54) is 36.4 Å². The van der Waals surface area contributed by atoms with E-state index in [1.54, 1.807) is 0 Å². The number of carbonyl (C=O) groups excluding carboxylic acids is 5. The van der Waals surface area contributed by atoms with E-state index < -0.39 is 35.9 Å². The van der Waals surface area contributed by atoms with Crippen LogP contribution in [-0.4, -0.2) is 94.2 Å². The third-order valence-corrected chi connectivity index (χ3v) is 5.72. The third-order valence-electron chi connectivity index (χ3n) is 5.72. The molecule has 1 unspecified atom stereocenters. The van der Waals surface area contributed by atoms with Gasteiger partial charge < -0.3 is 24.8 Å². The Kier molecular flexibility index (Phi) is 7.22. The number of hydrogen-bond acceptors (Lipinski definition) is 10. The Labute approximate surface area is 204 Å². The number of amides is 4. The summed E-state index contributed by atoms with van der Waals surface area (Å²) in [7, 11) is 0. The second kappa shape index (κ2) is 10.3. The maximum absolute atomic E-state index is 12.9. The van der Waals surface area contributed by atoms with Gasteiger partial charge in [0.2, 0.25) is 0 Å². The van der Waals surface area contributed by atoms with Crippen LogP contribution in [0.25, 0.3) is 0 Å². The van der Waals surface area contributed by atoms with Gasteiger partial charge in [0.25, 0.3) is 23.6 Å². The van der Waals surface area contributed by atoms with Gasteiger partial charge in [-0.15, -0.1) is 0 Å². The predicted molar refractivity (Wildman–Crippen MR) is 119 cm³/mol. The first kappa shape index (κ1) is 25.1. The standard InChI is InChI=1S/C24H22N2O10/c27-7-9-35-23(33)13-1-3-15-17(11-13)21(31)25(19(15)29)5-6-26-20(30)16-4-2-14(12-18(16)22(26)32)24(34)36-10-8-28/h1-4,11-12,23,27-28,33H,5-10H2. The lowest BCUT2D eigenvalue weighted by Crippen LogP contribution is -2.40. The number of benzene rings is 2. The predicted octanol–water partition coefficient (Wildman–Crippen LogP) is -0.272. The zero-order valence-electron chi connectivity index (χ0n) is 18.9. The Morgan fingerprint density at radius 2 is 1.28 bits per heavy atom. The summed E-state index contributed by atoms with van der Waals surface area (Å²) in [5, 5.41) is 27.6. The smallest absolute Gasteiger partial charge is 0.338 e. The zero-order valence-corrected chi connectivity index (χ0v) is 18.9. The fourth-order valence-corrected chi connectivity index (χ4v) is 3.97. The molecule has 3 N–H and O–H groups in total. The molecule has 0 spiro atoms. The molecule has 2 aliphatic rings. The molecule has 0 fully saturated rings. The Morgan fingerprint density at radius 1 is 0.750 bits per heavy atom. The molecule has 0 radical (unpaired) electrons. The number of aliphatic hydroxyl groups is 3. The maximum Gasteiger partial charge on any atom is 0.338 e. The minimum absolute atomic E-state index is 0.0117. The molecule has 12 nitrogen and oxygen atoms in total. The largest absolute Gasteiger partial charge is 0.460 e. The van der Waals surface area contributed by atoms with Crippen LogP contribution in [0, 0.1) is 0 Å². The van der Waals surface area contributed by atoms with E-state index in [9.17, 15) is 29.1 Å². The summed E-state index contributed by atoms with van der Waals surface area (Å²) in [5.74, 6) is -3.35. The number of imide groups is 2. The van der Waals surface area contributed by atoms with E-state index in [2.05, 4.69) is 0 Å². The molecule has 2 aromatic rings. The molecule has 4 rings (SSSR count). The van der Waals surface area contributed by atoms with Crippen LogP contribution >= 0.6 is 0 Å². The van der Waals surface area contributed by atoms with Gasteiger partial charge >= 0.3 is 5.97 Å². The first-order valence-electron chi connectivity index (χ1n) is 11.0. The first-order chi connectivity index (χ1) is 17.3. The third kappa shape index (κ3) is 4.50. The van der Waals surface area contributed by atoms with Crippen molar-refractivity contribution in [2.24, 2.45) is 0 Å². The van der Waals surface area contributed by atoms with E-state index in [4.69, 9.17) is 19.7 Å². The molecule has 0 saturated carbocycles. The zero-order chi connectivity index (χ0) is 26.0. The molecule has 1 atom stereocenters. The number of nitrogens with zero attached hydrogens (tertiary/aromatic N) is 2. The number of carbonyl (C=O) groups is 5. The lowest BCUT2D eigenvalue weighted by Gasteiger charge is -2.18. The number of esters is 1. The molecule has 2 aromatic carbocycles. The van der Waals surface area contributed by atoms with Crippen LogP contribution in [0.1, 0.15) is 63.6 Å². The van der Waals surface area contributed by atoms with Crippen LogP contribution in [-0.2, 0) is 9.47 Å². The molecule has 0 aliphatic carbocycles. The molecule has 2 heterocycles. The Bertz CT molecular complexity index is 1260. The highest BCUT2D eigenvalue weighted by molar-refractivity contribution is 6.23. The molecule has 188 valence electrons. The Hall–Kier alpha value is -3.97. The number of rotatable bonds is 10. The highest BCUT2D eigenvalue weighted by Gasteiger charge is 2.40.